The number of carbonyl (C=O) groups excluding carboxylic acids is 2. The number of hydrogen-bond acceptors (Lipinski definition) is 5. The molecule has 3 aromatic rings. The fourth-order valence-corrected chi connectivity index (χ4v) is 5.07. The fraction of sp³-hybridized carbons (Fsp3) is 0.167. The minimum atomic E-state index is -0.342. The minimum Gasteiger partial charge on any atom is -0.462 e. The van der Waals surface area contributed by atoms with E-state index in [1.54, 1.807) is 73.7 Å². The van der Waals surface area contributed by atoms with Gasteiger partial charge in [-0.2, -0.15) is 0 Å². The first-order chi connectivity index (χ1) is 19.9. The molecule has 2 heterocycles. The van der Waals surface area contributed by atoms with Crippen LogP contribution in [-0.4, -0.2) is 24.7 Å². The Morgan fingerprint density at radius 3 is 1.95 bits per heavy atom. The van der Waals surface area contributed by atoms with Gasteiger partial charge in [0.05, 0.1) is 5.57 Å². The zero-order valence-electron chi connectivity index (χ0n) is 23.8. The van der Waals surface area contributed by atoms with E-state index in [9.17, 15) is 9.59 Å². The Labute approximate surface area is 241 Å². The summed E-state index contributed by atoms with van der Waals surface area (Å²) < 4.78 is 12.3. The Morgan fingerprint density at radius 2 is 1.37 bits per heavy atom. The van der Waals surface area contributed by atoms with Crippen molar-refractivity contribution in [1.82, 2.24) is 0 Å². The number of Topliss-reactive ketones (excluding diaryl/α,β-unsaturated/α-hetero) is 2. The van der Waals surface area contributed by atoms with Gasteiger partial charge in [-0.05, 0) is 69.2 Å². The number of ketones is 2. The van der Waals surface area contributed by atoms with E-state index in [4.69, 9.17) is 9.47 Å². The molecule has 2 aliphatic rings. The van der Waals surface area contributed by atoms with Crippen LogP contribution in [0.5, 0.6) is 5.75 Å². The second kappa shape index (κ2) is 12.1. The Morgan fingerprint density at radius 1 is 0.756 bits per heavy atom. The Bertz CT molecular complexity index is 1580. The van der Waals surface area contributed by atoms with Gasteiger partial charge in [0.25, 0.3) is 0 Å². The summed E-state index contributed by atoms with van der Waals surface area (Å²) in [7, 11) is 0. The molecule has 0 saturated carbocycles. The summed E-state index contributed by atoms with van der Waals surface area (Å²) in [4.78, 5) is 29.8. The summed E-state index contributed by atoms with van der Waals surface area (Å²) in [6.45, 7) is 9.92. The molecule has 5 rings (SSSR count). The van der Waals surface area contributed by atoms with E-state index in [2.05, 4.69) is 36.9 Å². The van der Waals surface area contributed by atoms with Crippen molar-refractivity contribution in [2.45, 2.75) is 27.7 Å². The molecule has 0 amide bonds. The van der Waals surface area contributed by atoms with Crippen LogP contribution < -0.4 is 9.64 Å². The van der Waals surface area contributed by atoms with Crippen molar-refractivity contribution in [3.8, 4) is 5.75 Å². The maximum Gasteiger partial charge on any atom is 0.197 e. The zero-order chi connectivity index (χ0) is 28.9. The second-order valence-electron chi connectivity index (χ2n) is 9.95. The molecular weight excluding hydrogens is 510 g/mol. The van der Waals surface area contributed by atoms with Gasteiger partial charge in [-0.3, -0.25) is 9.59 Å². The number of anilines is 1. The molecule has 0 N–H and O–H groups in total. The number of rotatable bonds is 8. The van der Waals surface area contributed by atoms with Crippen LogP contribution in [0.2, 0.25) is 0 Å². The average Bonchev–Trinajstić information content (AvgIpc) is 2.98. The molecule has 0 spiro atoms. The molecule has 41 heavy (non-hydrogen) atoms. The van der Waals surface area contributed by atoms with Gasteiger partial charge in [-0.25, -0.2) is 0 Å². The van der Waals surface area contributed by atoms with E-state index in [0.29, 0.717) is 34.0 Å². The van der Waals surface area contributed by atoms with Crippen molar-refractivity contribution in [3.05, 3.63) is 148 Å². The van der Waals surface area contributed by atoms with Gasteiger partial charge in [-0.1, -0.05) is 60.7 Å². The van der Waals surface area contributed by atoms with Gasteiger partial charge in [0.15, 0.2) is 11.6 Å². The predicted molar refractivity (Wildman–Crippen MR) is 164 cm³/mol. The number of ether oxygens (including phenoxy) is 2. The lowest BCUT2D eigenvalue weighted by molar-refractivity contribution is 0.0961. The summed E-state index contributed by atoms with van der Waals surface area (Å²) in [5, 5.41) is 0. The second-order valence-corrected chi connectivity index (χ2v) is 9.95. The highest BCUT2D eigenvalue weighted by Gasteiger charge is 2.26. The highest BCUT2D eigenvalue weighted by Crippen LogP contribution is 2.37. The maximum atomic E-state index is 13.7. The van der Waals surface area contributed by atoms with E-state index in [1.165, 1.54) is 0 Å². The summed E-state index contributed by atoms with van der Waals surface area (Å²) in [5.41, 5.74) is 4.68. The number of benzene rings is 3. The zero-order valence-corrected chi connectivity index (χ0v) is 23.8. The van der Waals surface area contributed by atoms with Crippen LogP contribution in [0.4, 0.5) is 5.69 Å². The van der Waals surface area contributed by atoms with Crippen molar-refractivity contribution in [2.24, 2.45) is 0 Å². The van der Waals surface area contributed by atoms with E-state index in [-0.39, 0.29) is 17.1 Å². The fourth-order valence-electron chi connectivity index (χ4n) is 5.07. The first-order valence-corrected chi connectivity index (χ1v) is 13.9. The molecule has 0 aromatic heterocycles. The number of fused-ring (bicyclic) bond motifs is 1. The summed E-state index contributed by atoms with van der Waals surface area (Å²) in [6, 6.07) is 24.0. The van der Waals surface area contributed by atoms with Gasteiger partial charge in [-0.15, -0.1) is 0 Å². The van der Waals surface area contributed by atoms with E-state index >= 15 is 0 Å². The SMILES string of the molecule is CCN(CC)c1ccc2c(c1)OC(=CC1=CC(=C(C(=O)c3ccccc3)C(=O)c3ccccc3)C=C(C)O1)C=C2C. The van der Waals surface area contributed by atoms with E-state index < -0.39 is 0 Å². The molecule has 0 aliphatic carbocycles. The van der Waals surface area contributed by atoms with Gasteiger partial charge in [0.2, 0.25) is 0 Å². The van der Waals surface area contributed by atoms with Gasteiger partial charge < -0.3 is 14.4 Å². The molecular formula is C36H33NO4. The molecule has 0 saturated heterocycles. The van der Waals surface area contributed by atoms with E-state index in [0.717, 1.165) is 35.7 Å². The van der Waals surface area contributed by atoms with Crippen molar-refractivity contribution in [1.29, 1.82) is 0 Å². The largest absolute Gasteiger partial charge is 0.462 e. The summed E-state index contributed by atoms with van der Waals surface area (Å²) in [5.74, 6) is 1.74. The smallest absolute Gasteiger partial charge is 0.197 e. The molecule has 0 fully saturated rings. The maximum absolute atomic E-state index is 13.7. The highest BCUT2D eigenvalue weighted by molar-refractivity contribution is 6.31. The number of nitrogens with zero attached hydrogens (tertiary/aromatic N) is 1. The van der Waals surface area contributed by atoms with Crippen LogP contribution in [0.1, 0.15) is 54.0 Å². The number of hydrogen-bond donors (Lipinski definition) is 0. The minimum absolute atomic E-state index is 0.0893. The first-order valence-electron chi connectivity index (χ1n) is 13.9. The first kappa shape index (κ1) is 27.7. The standard InChI is InChI=1S/C36H33NO4/c1-5-37(6-2)29-17-18-32-24(3)19-30(41-33(32)22-29)23-31-21-28(20-25(4)40-31)34(35(38)26-13-9-7-10-14-26)36(39)27-15-11-8-12-16-27/h7-23H,5-6H2,1-4H3. The average molecular weight is 544 g/mol. The lowest BCUT2D eigenvalue weighted by Gasteiger charge is -2.25. The Hall–Kier alpha value is -4.90. The topological polar surface area (TPSA) is 55.8 Å². The lowest BCUT2D eigenvalue weighted by Crippen LogP contribution is -2.21. The van der Waals surface area contributed by atoms with Crippen LogP contribution in [0, 0.1) is 0 Å². The molecule has 0 atom stereocenters. The third kappa shape index (κ3) is 5.99. The molecule has 0 bridgehead atoms. The predicted octanol–water partition coefficient (Wildman–Crippen LogP) is 8.09. The summed E-state index contributed by atoms with van der Waals surface area (Å²) >= 11 is 0. The van der Waals surface area contributed by atoms with Crippen LogP contribution >= 0.6 is 0 Å². The van der Waals surface area contributed by atoms with Crippen molar-refractivity contribution < 1.29 is 19.1 Å². The number of allylic oxidation sites excluding steroid dienone is 8. The molecule has 2 aliphatic heterocycles. The Balaban J connectivity index is 1.57. The third-order valence-corrected chi connectivity index (χ3v) is 7.14. The van der Waals surface area contributed by atoms with Crippen molar-refractivity contribution >= 4 is 22.8 Å². The quantitative estimate of drug-likeness (QED) is 0.124. The molecule has 3 aromatic carbocycles. The lowest BCUT2D eigenvalue weighted by atomic mass is 9.90. The normalized spacial score (nSPS) is 15.1. The van der Waals surface area contributed by atoms with Gasteiger partial charge in [0.1, 0.15) is 23.0 Å². The molecule has 5 nitrogen and oxygen atoms in total. The van der Waals surface area contributed by atoms with Crippen molar-refractivity contribution in [3.63, 3.8) is 0 Å². The van der Waals surface area contributed by atoms with Crippen LogP contribution in [-0.2, 0) is 4.74 Å². The van der Waals surface area contributed by atoms with Crippen molar-refractivity contribution in [2.75, 3.05) is 18.0 Å². The molecule has 206 valence electrons. The van der Waals surface area contributed by atoms with E-state index in [1.807, 2.05) is 25.1 Å². The van der Waals surface area contributed by atoms with Crippen LogP contribution in [0.15, 0.2) is 132 Å². The van der Waals surface area contributed by atoms with Crippen LogP contribution in [0.25, 0.3) is 5.57 Å². The Kier molecular flexibility index (Phi) is 8.16. The summed E-state index contributed by atoms with van der Waals surface area (Å²) in [6.07, 6.45) is 7.22. The monoisotopic (exact) mass is 543 g/mol. The highest BCUT2D eigenvalue weighted by atomic mass is 16.5. The van der Waals surface area contributed by atoms with Gasteiger partial charge >= 0.3 is 0 Å². The third-order valence-electron chi connectivity index (χ3n) is 7.14. The van der Waals surface area contributed by atoms with Gasteiger partial charge in [0, 0.05) is 47.6 Å². The number of carbonyl (C=O) groups is 2. The molecule has 0 radical (unpaired) electrons. The molecule has 5 heteroatoms. The van der Waals surface area contributed by atoms with Crippen LogP contribution in [0.3, 0.4) is 0 Å². The molecule has 0 unspecified atom stereocenters.